The zero-order valence-corrected chi connectivity index (χ0v) is 15.9. The number of pyridine rings is 1. The van der Waals surface area contributed by atoms with Gasteiger partial charge in [0.2, 0.25) is 5.75 Å². The highest BCUT2D eigenvalue weighted by Crippen LogP contribution is 2.45. The van der Waals surface area contributed by atoms with Crippen LogP contribution >= 0.6 is 0 Å². The van der Waals surface area contributed by atoms with Gasteiger partial charge >= 0.3 is 5.97 Å². The molecule has 1 aliphatic carbocycles. The van der Waals surface area contributed by atoms with E-state index in [0.29, 0.717) is 6.42 Å². The molecule has 0 spiro atoms. The van der Waals surface area contributed by atoms with Gasteiger partial charge in [0.25, 0.3) is 5.91 Å². The monoisotopic (exact) mass is 359 g/mol. The van der Waals surface area contributed by atoms with Crippen molar-refractivity contribution in [3.63, 3.8) is 0 Å². The van der Waals surface area contributed by atoms with E-state index in [2.05, 4.69) is 30.2 Å². The van der Waals surface area contributed by atoms with Gasteiger partial charge in [0.05, 0.1) is 18.6 Å². The molecule has 0 bridgehead atoms. The van der Waals surface area contributed by atoms with Crippen LogP contribution < -0.4 is 14.8 Å². The molecular weight excluding hydrogens is 334 g/mol. The summed E-state index contributed by atoms with van der Waals surface area (Å²) in [4.78, 5) is 28.2. The van der Waals surface area contributed by atoms with Crippen LogP contribution in [0.25, 0.3) is 0 Å². The number of aromatic nitrogens is 1. The van der Waals surface area contributed by atoms with Crippen LogP contribution in [0.15, 0.2) is 12.3 Å². The lowest BCUT2D eigenvalue weighted by molar-refractivity contribution is -0.132. The second-order valence-electron chi connectivity index (χ2n) is 7.88. The Morgan fingerprint density at radius 1 is 1.35 bits per heavy atom. The maximum atomic E-state index is 12.8. The van der Waals surface area contributed by atoms with E-state index < -0.39 is 17.3 Å². The average Bonchev–Trinajstić information content (AvgIpc) is 2.52. The highest BCUT2D eigenvalue weighted by molar-refractivity contribution is 5.96. The van der Waals surface area contributed by atoms with Gasteiger partial charge in [0.1, 0.15) is 0 Å². The smallest absolute Gasteiger partial charge is 0.308 e. The Hall–Kier alpha value is -2.62. The van der Waals surface area contributed by atoms with Gasteiger partial charge in [0, 0.05) is 25.2 Å². The molecule has 2 atom stereocenters. The maximum Gasteiger partial charge on any atom is 0.308 e. The van der Waals surface area contributed by atoms with Gasteiger partial charge in [-0.1, -0.05) is 13.8 Å². The molecular formula is C19H25N3O4. The van der Waals surface area contributed by atoms with Gasteiger partial charge in [-0.2, -0.15) is 5.26 Å². The fraction of sp³-hybridized carbons (Fsp3) is 0.579. The summed E-state index contributed by atoms with van der Waals surface area (Å²) in [5.74, 6) is -0.770. The minimum absolute atomic E-state index is 0.00175. The van der Waals surface area contributed by atoms with E-state index in [-0.39, 0.29) is 28.6 Å². The first-order valence-corrected chi connectivity index (χ1v) is 8.53. The van der Waals surface area contributed by atoms with Crippen LogP contribution in [0.5, 0.6) is 11.5 Å². The van der Waals surface area contributed by atoms with Gasteiger partial charge in [-0.3, -0.25) is 9.59 Å². The van der Waals surface area contributed by atoms with E-state index in [4.69, 9.17) is 9.47 Å². The number of hydrogen-bond acceptors (Lipinski definition) is 6. The number of nitrogens with zero attached hydrogens (tertiary/aromatic N) is 2. The third-order valence-electron chi connectivity index (χ3n) is 4.52. The minimum Gasteiger partial charge on any atom is -0.493 e. The normalized spacial score (nSPS) is 24.2. The molecule has 7 nitrogen and oxygen atoms in total. The number of rotatable bonds is 4. The number of carbonyl (C=O) groups excluding carboxylic acids is 2. The maximum absolute atomic E-state index is 12.8. The van der Waals surface area contributed by atoms with E-state index in [9.17, 15) is 14.9 Å². The van der Waals surface area contributed by atoms with E-state index in [1.54, 1.807) is 0 Å². The van der Waals surface area contributed by atoms with Crippen molar-refractivity contribution < 1.29 is 19.1 Å². The number of nitriles is 1. The second-order valence-corrected chi connectivity index (χ2v) is 7.88. The van der Waals surface area contributed by atoms with Crippen molar-refractivity contribution in [1.29, 1.82) is 5.26 Å². The van der Waals surface area contributed by atoms with E-state index >= 15 is 0 Å². The van der Waals surface area contributed by atoms with Gasteiger partial charge in [-0.25, -0.2) is 4.98 Å². The van der Waals surface area contributed by atoms with Crippen LogP contribution in [0.3, 0.4) is 0 Å². The van der Waals surface area contributed by atoms with Crippen molar-refractivity contribution in [2.75, 3.05) is 7.11 Å². The molecule has 1 saturated carbocycles. The molecule has 1 N–H and O–H groups in total. The highest BCUT2D eigenvalue weighted by Gasteiger charge is 2.42. The summed E-state index contributed by atoms with van der Waals surface area (Å²) in [5, 5.41) is 12.5. The van der Waals surface area contributed by atoms with Crippen molar-refractivity contribution >= 4 is 11.9 Å². The summed E-state index contributed by atoms with van der Waals surface area (Å²) in [6.45, 7) is 7.35. The van der Waals surface area contributed by atoms with Crippen molar-refractivity contribution in [1.82, 2.24) is 10.3 Å². The molecule has 0 aliphatic heterocycles. The summed E-state index contributed by atoms with van der Waals surface area (Å²) in [5.41, 5.74) is -0.580. The van der Waals surface area contributed by atoms with E-state index in [0.717, 1.165) is 12.8 Å². The molecule has 1 fully saturated rings. The topological polar surface area (TPSA) is 101 Å². The number of ether oxygens (including phenoxy) is 2. The molecule has 1 amide bonds. The van der Waals surface area contributed by atoms with Crippen LogP contribution in [0.4, 0.5) is 0 Å². The molecule has 1 aromatic rings. The molecule has 0 radical (unpaired) electrons. The Kier molecular flexibility index (Phi) is 5.55. The van der Waals surface area contributed by atoms with Crippen LogP contribution in [0.1, 0.15) is 57.4 Å². The fourth-order valence-electron chi connectivity index (χ4n) is 3.92. The number of methoxy groups -OCH3 is 1. The summed E-state index contributed by atoms with van der Waals surface area (Å²) in [6, 6.07) is 3.73. The number of hydrogen-bond donors (Lipinski definition) is 1. The van der Waals surface area contributed by atoms with Crippen LogP contribution in [0.2, 0.25) is 0 Å². The third kappa shape index (κ3) is 4.51. The van der Waals surface area contributed by atoms with Gasteiger partial charge in [-0.05, 0) is 31.6 Å². The number of nitrogens with one attached hydrogen (secondary N) is 1. The minimum atomic E-state index is -0.568. The summed E-state index contributed by atoms with van der Waals surface area (Å²) < 4.78 is 10.3. The van der Waals surface area contributed by atoms with E-state index in [1.165, 1.54) is 26.3 Å². The lowest BCUT2D eigenvalue weighted by Gasteiger charge is -2.43. The largest absolute Gasteiger partial charge is 0.493 e. The Morgan fingerprint density at radius 3 is 2.62 bits per heavy atom. The Bertz CT molecular complexity index is 754. The first kappa shape index (κ1) is 19.7. The van der Waals surface area contributed by atoms with Gasteiger partial charge in [0.15, 0.2) is 11.4 Å². The molecule has 1 aliphatic rings. The summed E-state index contributed by atoms with van der Waals surface area (Å²) >= 11 is 0. The zero-order chi connectivity index (χ0) is 19.5. The molecule has 7 heteroatoms. The quantitative estimate of drug-likeness (QED) is 0.830. The second kappa shape index (κ2) is 7.32. The first-order chi connectivity index (χ1) is 12.1. The fourth-order valence-corrected chi connectivity index (χ4v) is 3.92. The standard InChI is InChI=1S/C19H25N3O4/c1-12(23)26-16-14(25-5)6-7-21-15(16)17(24)22-13-8-18(2,3)10-19(4,9-13)11-20/h6-7,13H,8-10H2,1-5H3,(H,22,24). The number of amides is 1. The SMILES string of the molecule is COc1ccnc(C(=O)NC2CC(C)(C)CC(C)(C#N)C2)c1OC(C)=O. The molecule has 0 aromatic carbocycles. The van der Waals surface area contributed by atoms with Gasteiger partial charge < -0.3 is 14.8 Å². The number of carbonyl (C=O) groups is 2. The van der Waals surface area contributed by atoms with Gasteiger partial charge in [-0.15, -0.1) is 0 Å². The van der Waals surface area contributed by atoms with E-state index in [1.807, 2.05) is 6.92 Å². The predicted octanol–water partition coefficient (Wildman–Crippen LogP) is 2.85. The molecule has 1 aromatic heterocycles. The van der Waals surface area contributed by atoms with Crippen molar-refractivity contribution in [3.05, 3.63) is 18.0 Å². The van der Waals surface area contributed by atoms with Crippen molar-refractivity contribution in [2.45, 2.75) is 53.0 Å². The molecule has 2 unspecified atom stereocenters. The Balaban J connectivity index is 2.27. The van der Waals surface area contributed by atoms with Crippen molar-refractivity contribution in [3.8, 4) is 17.6 Å². The zero-order valence-electron chi connectivity index (χ0n) is 15.9. The third-order valence-corrected chi connectivity index (χ3v) is 4.52. The molecule has 140 valence electrons. The lowest BCUT2D eigenvalue weighted by Crippen LogP contribution is -2.46. The Morgan fingerprint density at radius 2 is 2.04 bits per heavy atom. The summed E-state index contributed by atoms with van der Waals surface area (Å²) in [6.07, 6.45) is 3.51. The predicted molar refractivity (Wildman–Crippen MR) is 94.7 cm³/mol. The lowest BCUT2D eigenvalue weighted by atomic mass is 9.63. The first-order valence-electron chi connectivity index (χ1n) is 8.53. The molecule has 1 heterocycles. The molecule has 0 saturated heterocycles. The molecule has 26 heavy (non-hydrogen) atoms. The highest BCUT2D eigenvalue weighted by atomic mass is 16.6. The average molecular weight is 359 g/mol. The van der Waals surface area contributed by atoms with Crippen LogP contribution in [-0.2, 0) is 4.79 Å². The summed E-state index contributed by atoms with van der Waals surface area (Å²) in [7, 11) is 1.42. The number of esters is 1. The molecule has 2 rings (SSSR count). The Labute approximate surface area is 153 Å². The van der Waals surface area contributed by atoms with Crippen LogP contribution in [0, 0.1) is 22.2 Å². The van der Waals surface area contributed by atoms with Crippen molar-refractivity contribution in [2.24, 2.45) is 10.8 Å². The van der Waals surface area contributed by atoms with Crippen LogP contribution in [-0.4, -0.2) is 30.0 Å².